The summed E-state index contributed by atoms with van der Waals surface area (Å²) in [6, 6.07) is 12.2. The minimum absolute atomic E-state index is 0.793. The van der Waals surface area contributed by atoms with E-state index in [9.17, 15) is 0 Å². The summed E-state index contributed by atoms with van der Waals surface area (Å²) in [5.41, 5.74) is 2.25. The summed E-state index contributed by atoms with van der Waals surface area (Å²) in [5.74, 6) is 1.81. The van der Waals surface area contributed by atoms with E-state index in [1.54, 1.807) is 7.11 Å². The Bertz CT molecular complexity index is 554. The number of pyridine rings is 1. The van der Waals surface area contributed by atoms with E-state index in [1.165, 1.54) is 5.56 Å². The van der Waals surface area contributed by atoms with Gasteiger partial charge in [-0.1, -0.05) is 25.1 Å². The van der Waals surface area contributed by atoms with Crippen LogP contribution in [0.1, 0.15) is 18.9 Å². The number of anilines is 2. The number of para-hydroxylation sites is 2. The number of hydrogen-bond donors (Lipinski definition) is 1. The van der Waals surface area contributed by atoms with Crippen molar-refractivity contribution in [2.24, 2.45) is 0 Å². The lowest BCUT2D eigenvalue weighted by Crippen LogP contribution is -2.17. The van der Waals surface area contributed by atoms with Crippen molar-refractivity contribution in [3.05, 3.63) is 48.2 Å². The third-order valence-corrected chi connectivity index (χ3v) is 3.30. The summed E-state index contributed by atoms with van der Waals surface area (Å²) in [6.07, 6.45) is 3.02. The van der Waals surface area contributed by atoms with Crippen LogP contribution in [0.4, 0.5) is 11.5 Å². The van der Waals surface area contributed by atoms with Crippen molar-refractivity contribution in [2.75, 3.05) is 30.9 Å². The smallest absolute Gasteiger partial charge is 0.142 e. The van der Waals surface area contributed by atoms with Crippen LogP contribution >= 0.6 is 0 Å². The first-order valence-electron chi connectivity index (χ1n) is 7.27. The van der Waals surface area contributed by atoms with Crippen LogP contribution in [0.5, 0.6) is 5.75 Å². The quantitative estimate of drug-likeness (QED) is 0.844. The average Bonchev–Trinajstić information content (AvgIpc) is 2.54. The van der Waals surface area contributed by atoms with Crippen LogP contribution in [0.3, 0.4) is 0 Å². The molecule has 1 N–H and O–H groups in total. The molecule has 0 aliphatic heterocycles. The van der Waals surface area contributed by atoms with Gasteiger partial charge < -0.3 is 15.0 Å². The Labute approximate surface area is 126 Å². The molecule has 0 aliphatic carbocycles. The van der Waals surface area contributed by atoms with Gasteiger partial charge in [-0.25, -0.2) is 4.98 Å². The number of rotatable bonds is 7. The summed E-state index contributed by atoms with van der Waals surface area (Å²) in [6.45, 7) is 3.89. The number of hydrogen-bond acceptors (Lipinski definition) is 4. The summed E-state index contributed by atoms with van der Waals surface area (Å²) in [5, 5.41) is 3.28. The van der Waals surface area contributed by atoms with Crippen LogP contribution in [-0.2, 0) is 6.54 Å². The van der Waals surface area contributed by atoms with E-state index in [1.807, 2.05) is 30.5 Å². The van der Waals surface area contributed by atoms with Gasteiger partial charge in [-0.05, 0) is 30.2 Å². The Hall–Kier alpha value is -2.23. The maximum atomic E-state index is 5.40. The van der Waals surface area contributed by atoms with E-state index in [0.717, 1.165) is 36.8 Å². The highest BCUT2D eigenvalue weighted by Gasteiger charge is 2.08. The summed E-state index contributed by atoms with van der Waals surface area (Å²) < 4.78 is 5.40. The van der Waals surface area contributed by atoms with Crippen molar-refractivity contribution in [3.8, 4) is 5.75 Å². The molecule has 1 aromatic heterocycles. The predicted molar refractivity (Wildman–Crippen MR) is 88.1 cm³/mol. The minimum atomic E-state index is 0.793. The maximum Gasteiger partial charge on any atom is 0.142 e. The monoisotopic (exact) mass is 285 g/mol. The molecule has 4 heteroatoms. The molecule has 1 aromatic carbocycles. The molecule has 112 valence electrons. The number of methoxy groups -OCH3 is 1. The van der Waals surface area contributed by atoms with Crippen molar-refractivity contribution < 1.29 is 4.74 Å². The lowest BCUT2D eigenvalue weighted by molar-refractivity contribution is 0.415. The van der Waals surface area contributed by atoms with Crippen LogP contribution in [0, 0.1) is 0 Å². The van der Waals surface area contributed by atoms with Gasteiger partial charge in [0.15, 0.2) is 0 Å². The molecular weight excluding hydrogens is 262 g/mol. The number of nitrogens with zero attached hydrogens (tertiary/aromatic N) is 2. The third-order valence-electron chi connectivity index (χ3n) is 3.30. The highest BCUT2D eigenvalue weighted by molar-refractivity contribution is 5.58. The van der Waals surface area contributed by atoms with Crippen molar-refractivity contribution in [1.29, 1.82) is 0 Å². The third kappa shape index (κ3) is 4.12. The SMILES string of the molecule is CCCNc1ccc(CN(C)c2ccccc2OC)cn1. The van der Waals surface area contributed by atoms with Crippen LogP contribution in [0.2, 0.25) is 0 Å². The second-order valence-corrected chi connectivity index (χ2v) is 5.01. The summed E-state index contributed by atoms with van der Waals surface area (Å²) in [4.78, 5) is 6.60. The minimum Gasteiger partial charge on any atom is -0.495 e. The fourth-order valence-corrected chi connectivity index (χ4v) is 2.18. The highest BCUT2D eigenvalue weighted by Crippen LogP contribution is 2.27. The zero-order chi connectivity index (χ0) is 15.1. The fourth-order valence-electron chi connectivity index (χ4n) is 2.18. The van der Waals surface area contributed by atoms with Crippen LogP contribution in [-0.4, -0.2) is 25.7 Å². The molecule has 0 saturated carbocycles. The fraction of sp³-hybridized carbons (Fsp3) is 0.353. The molecule has 0 unspecified atom stereocenters. The van der Waals surface area contributed by atoms with Gasteiger partial charge in [-0.3, -0.25) is 0 Å². The molecule has 0 spiro atoms. The van der Waals surface area contributed by atoms with Crippen molar-refractivity contribution in [1.82, 2.24) is 4.98 Å². The Balaban J connectivity index is 2.03. The number of ether oxygens (including phenoxy) is 1. The van der Waals surface area contributed by atoms with E-state index in [2.05, 4.69) is 41.3 Å². The lowest BCUT2D eigenvalue weighted by atomic mass is 10.2. The van der Waals surface area contributed by atoms with Gasteiger partial charge in [0.1, 0.15) is 11.6 Å². The average molecular weight is 285 g/mol. The standard InChI is InChI=1S/C17H23N3O/c1-4-11-18-17-10-9-14(12-19-17)13-20(2)15-7-5-6-8-16(15)21-3/h5-10,12H,4,11,13H2,1-3H3,(H,18,19). The molecule has 0 bridgehead atoms. The van der Waals surface area contributed by atoms with Gasteiger partial charge in [0, 0.05) is 26.3 Å². The molecule has 0 aliphatic rings. The first-order chi connectivity index (χ1) is 10.2. The molecule has 0 saturated heterocycles. The molecule has 4 nitrogen and oxygen atoms in total. The molecular formula is C17H23N3O. The topological polar surface area (TPSA) is 37.4 Å². The van der Waals surface area contributed by atoms with E-state index >= 15 is 0 Å². The largest absolute Gasteiger partial charge is 0.495 e. The first kappa shape index (κ1) is 15.2. The highest BCUT2D eigenvalue weighted by atomic mass is 16.5. The molecule has 1 heterocycles. The first-order valence-corrected chi connectivity index (χ1v) is 7.27. The van der Waals surface area contributed by atoms with Crippen molar-refractivity contribution in [3.63, 3.8) is 0 Å². The van der Waals surface area contributed by atoms with E-state index in [0.29, 0.717) is 0 Å². The number of aromatic nitrogens is 1. The van der Waals surface area contributed by atoms with Gasteiger partial charge in [0.2, 0.25) is 0 Å². The van der Waals surface area contributed by atoms with Crippen LogP contribution in [0.25, 0.3) is 0 Å². The number of benzene rings is 1. The summed E-state index contributed by atoms with van der Waals surface area (Å²) in [7, 11) is 3.75. The summed E-state index contributed by atoms with van der Waals surface area (Å²) >= 11 is 0. The predicted octanol–water partition coefficient (Wildman–Crippen LogP) is 3.55. The van der Waals surface area contributed by atoms with E-state index in [4.69, 9.17) is 4.74 Å². The van der Waals surface area contributed by atoms with E-state index in [-0.39, 0.29) is 0 Å². The second-order valence-electron chi connectivity index (χ2n) is 5.01. The molecule has 0 fully saturated rings. The van der Waals surface area contributed by atoms with Crippen molar-refractivity contribution in [2.45, 2.75) is 19.9 Å². The second kappa shape index (κ2) is 7.53. The van der Waals surface area contributed by atoms with Gasteiger partial charge >= 0.3 is 0 Å². The van der Waals surface area contributed by atoms with Gasteiger partial charge in [-0.15, -0.1) is 0 Å². The molecule has 2 rings (SSSR count). The zero-order valence-electron chi connectivity index (χ0n) is 13.0. The van der Waals surface area contributed by atoms with Crippen molar-refractivity contribution >= 4 is 11.5 Å². The van der Waals surface area contributed by atoms with E-state index < -0.39 is 0 Å². The van der Waals surface area contributed by atoms with Gasteiger partial charge in [-0.2, -0.15) is 0 Å². The van der Waals surface area contributed by atoms with Gasteiger partial charge in [0.25, 0.3) is 0 Å². The Morgan fingerprint density at radius 3 is 2.67 bits per heavy atom. The molecule has 0 radical (unpaired) electrons. The van der Waals surface area contributed by atoms with Gasteiger partial charge in [0.05, 0.1) is 12.8 Å². The Morgan fingerprint density at radius 1 is 1.19 bits per heavy atom. The Morgan fingerprint density at radius 2 is 2.00 bits per heavy atom. The maximum absolute atomic E-state index is 5.40. The number of nitrogens with one attached hydrogen (secondary N) is 1. The lowest BCUT2D eigenvalue weighted by Gasteiger charge is -2.21. The van der Waals surface area contributed by atoms with Crippen LogP contribution < -0.4 is 15.0 Å². The molecule has 2 aromatic rings. The molecule has 21 heavy (non-hydrogen) atoms. The van der Waals surface area contributed by atoms with Crippen LogP contribution in [0.15, 0.2) is 42.6 Å². The molecule has 0 atom stereocenters. The Kier molecular flexibility index (Phi) is 5.43. The zero-order valence-corrected chi connectivity index (χ0v) is 13.0. The normalized spacial score (nSPS) is 10.2. The molecule has 0 amide bonds.